The number of hydrogen-bond donors (Lipinski definition) is 3. The van der Waals surface area contributed by atoms with E-state index in [1.807, 2.05) is 19.9 Å². The predicted molar refractivity (Wildman–Crippen MR) is 63.7 cm³/mol. The molecule has 1 amide bonds. The highest BCUT2D eigenvalue weighted by Gasteiger charge is 2.12. The Kier molecular flexibility index (Phi) is 2.34. The van der Waals surface area contributed by atoms with Crippen LogP contribution in [0.25, 0.3) is 10.9 Å². The van der Waals surface area contributed by atoms with Crippen LogP contribution in [0.15, 0.2) is 12.1 Å². The summed E-state index contributed by atoms with van der Waals surface area (Å²) in [6.45, 7) is 5.30. The second kappa shape index (κ2) is 3.56. The number of anilines is 1. The van der Waals surface area contributed by atoms with E-state index in [4.69, 9.17) is 0 Å². The van der Waals surface area contributed by atoms with Gasteiger partial charge in [-0.05, 0) is 31.5 Å². The molecular weight excluding hydrogens is 204 g/mol. The average molecular weight is 218 g/mol. The van der Waals surface area contributed by atoms with E-state index in [0.29, 0.717) is 5.69 Å². The zero-order valence-electron chi connectivity index (χ0n) is 9.51. The molecule has 0 saturated carbocycles. The van der Waals surface area contributed by atoms with Gasteiger partial charge in [0.15, 0.2) is 0 Å². The lowest BCUT2D eigenvalue weighted by Crippen LogP contribution is -2.05. The SMILES string of the molecule is CC(=O)Nc1ccc2[nH]c(C)c(C)c2c1O. The number of benzene rings is 1. The van der Waals surface area contributed by atoms with Crippen molar-refractivity contribution in [1.82, 2.24) is 4.98 Å². The fourth-order valence-corrected chi connectivity index (χ4v) is 1.85. The van der Waals surface area contributed by atoms with Crippen LogP contribution in [0.5, 0.6) is 5.75 Å². The highest BCUT2D eigenvalue weighted by molar-refractivity contribution is 5.99. The van der Waals surface area contributed by atoms with Crippen LogP contribution < -0.4 is 5.32 Å². The van der Waals surface area contributed by atoms with Gasteiger partial charge in [0.25, 0.3) is 0 Å². The smallest absolute Gasteiger partial charge is 0.221 e. The van der Waals surface area contributed by atoms with Gasteiger partial charge < -0.3 is 15.4 Å². The predicted octanol–water partition coefficient (Wildman–Crippen LogP) is 2.45. The van der Waals surface area contributed by atoms with Crippen molar-refractivity contribution in [2.24, 2.45) is 0 Å². The molecular formula is C12H14N2O2. The molecule has 0 radical (unpaired) electrons. The van der Waals surface area contributed by atoms with Gasteiger partial charge in [-0.3, -0.25) is 4.79 Å². The normalized spacial score (nSPS) is 10.7. The molecule has 2 rings (SSSR count). The maximum atomic E-state index is 11.0. The number of carbonyl (C=O) groups is 1. The quantitative estimate of drug-likeness (QED) is 0.644. The molecule has 0 aliphatic rings. The van der Waals surface area contributed by atoms with Crippen LogP contribution in [0, 0.1) is 13.8 Å². The van der Waals surface area contributed by atoms with Crippen LogP contribution in [0.2, 0.25) is 0 Å². The molecule has 0 atom stereocenters. The summed E-state index contributed by atoms with van der Waals surface area (Å²) in [6.07, 6.45) is 0. The number of H-pyrrole nitrogens is 1. The number of amides is 1. The first-order valence-corrected chi connectivity index (χ1v) is 5.09. The topological polar surface area (TPSA) is 65.1 Å². The molecule has 1 aromatic heterocycles. The fraction of sp³-hybridized carbons (Fsp3) is 0.250. The molecule has 0 aliphatic carbocycles. The van der Waals surface area contributed by atoms with Crippen molar-refractivity contribution in [2.45, 2.75) is 20.8 Å². The van der Waals surface area contributed by atoms with Crippen LogP contribution in [-0.2, 0) is 4.79 Å². The Hall–Kier alpha value is -1.97. The number of phenolic OH excluding ortho intramolecular Hbond substituents is 1. The van der Waals surface area contributed by atoms with E-state index < -0.39 is 0 Å². The molecule has 1 aromatic carbocycles. The van der Waals surface area contributed by atoms with Crippen molar-refractivity contribution in [3.63, 3.8) is 0 Å². The number of aromatic amines is 1. The van der Waals surface area contributed by atoms with E-state index in [2.05, 4.69) is 10.3 Å². The Balaban J connectivity index is 2.68. The minimum Gasteiger partial charge on any atom is -0.505 e. The van der Waals surface area contributed by atoms with Crippen molar-refractivity contribution < 1.29 is 9.90 Å². The van der Waals surface area contributed by atoms with Gasteiger partial charge in [0.05, 0.1) is 5.69 Å². The van der Waals surface area contributed by atoms with E-state index in [9.17, 15) is 9.90 Å². The van der Waals surface area contributed by atoms with Crippen molar-refractivity contribution in [2.75, 3.05) is 5.32 Å². The molecule has 0 saturated heterocycles. The molecule has 3 N–H and O–H groups in total. The second-order valence-electron chi connectivity index (χ2n) is 3.94. The molecule has 0 bridgehead atoms. The van der Waals surface area contributed by atoms with Crippen LogP contribution in [0.4, 0.5) is 5.69 Å². The second-order valence-corrected chi connectivity index (χ2v) is 3.94. The van der Waals surface area contributed by atoms with Crippen molar-refractivity contribution >= 4 is 22.5 Å². The number of aryl methyl sites for hydroxylation is 2. The number of fused-ring (bicyclic) bond motifs is 1. The van der Waals surface area contributed by atoms with Gasteiger partial charge >= 0.3 is 0 Å². The lowest BCUT2D eigenvalue weighted by atomic mass is 10.1. The Morgan fingerprint density at radius 2 is 2.06 bits per heavy atom. The molecule has 0 aliphatic heterocycles. The summed E-state index contributed by atoms with van der Waals surface area (Å²) < 4.78 is 0. The first-order valence-electron chi connectivity index (χ1n) is 5.09. The third-order valence-corrected chi connectivity index (χ3v) is 2.75. The van der Waals surface area contributed by atoms with Crippen LogP contribution >= 0.6 is 0 Å². The molecule has 4 nitrogen and oxygen atoms in total. The molecule has 0 fully saturated rings. The monoisotopic (exact) mass is 218 g/mol. The van der Waals surface area contributed by atoms with E-state index in [1.165, 1.54) is 6.92 Å². The summed E-state index contributed by atoms with van der Waals surface area (Å²) in [5, 5.41) is 13.4. The molecule has 4 heteroatoms. The number of aromatic nitrogens is 1. The van der Waals surface area contributed by atoms with Gasteiger partial charge in [-0.15, -0.1) is 0 Å². The molecule has 16 heavy (non-hydrogen) atoms. The highest BCUT2D eigenvalue weighted by atomic mass is 16.3. The Morgan fingerprint density at radius 1 is 1.38 bits per heavy atom. The van der Waals surface area contributed by atoms with Crippen molar-refractivity contribution in [3.05, 3.63) is 23.4 Å². The van der Waals surface area contributed by atoms with E-state index >= 15 is 0 Å². The van der Waals surface area contributed by atoms with E-state index in [0.717, 1.165) is 22.2 Å². The van der Waals surface area contributed by atoms with Gasteiger partial charge in [-0.25, -0.2) is 0 Å². The number of rotatable bonds is 1. The number of phenols is 1. The summed E-state index contributed by atoms with van der Waals surface area (Å²) >= 11 is 0. The number of carbonyl (C=O) groups excluding carboxylic acids is 1. The lowest BCUT2D eigenvalue weighted by Gasteiger charge is -2.06. The minimum absolute atomic E-state index is 0.120. The summed E-state index contributed by atoms with van der Waals surface area (Å²) in [4.78, 5) is 14.1. The van der Waals surface area contributed by atoms with Gasteiger partial charge in [-0.2, -0.15) is 0 Å². The van der Waals surface area contributed by atoms with E-state index in [1.54, 1.807) is 6.07 Å². The molecule has 0 spiro atoms. The maximum absolute atomic E-state index is 11.0. The van der Waals surface area contributed by atoms with Crippen LogP contribution in [0.3, 0.4) is 0 Å². The van der Waals surface area contributed by atoms with E-state index in [-0.39, 0.29) is 11.7 Å². The van der Waals surface area contributed by atoms with Crippen LogP contribution in [0.1, 0.15) is 18.2 Å². The minimum atomic E-state index is -0.195. The molecule has 0 unspecified atom stereocenters. The molecule has 1 heterocycles. The number of hydrogen-bond acceptors (Lipinski definition) is 2. The first-order chi connectivity index (χ1) is 7.50. The highest BCUT2D eigenvalue weighted by Crippen LogP contribution is 2.35. The average Bonchev–Trinajstić information content (AvgIpc) is 2.48. The largest absolute Gasteiger partial charge is 0.505 e. The van der Waals surface area contributed by atoms with Crippen LogP contribution in [-0.4, -0.2) is 16.0 Å². The molecule has 2 aromatic rings. The maximum Gasteiger partial charge on any atom is 0.221 e. The van der Waals surface area contributed by atoms with Gasteiger partial charge in [0.1, 0.15) is 5.75 Å². The lowest BCUT2D eigenvalue weighted by molar-refractivity contribution is -0.114. The summed E-state index contributed by atoms with van der Waals surface area (Å²) in [5.74, 6) is -0.0749. The van der Waals surface area contributed by atoms with Gasteiger partial charge in [-0.1, -0.05) is 0 Å². The third kappa shape index (κ3) is 1.52. The third-order valence-electron chi connectivity index (χ3n) is 2.75. The number of aromatic hydroxyl groups is 1. The summed E-state index contributed by atoms with van der Waals surface area (Å²) in [7, 11) is 0. The number of nitrogens with one attached hydrogen (secondary N) is 2. The van der Waals surface area contributed by atoms with Gasteiger partial charge in [0.2, 0.25) is 5.91 Å². The Bertz CT molecular complexity index is 570. The molecule has 84 valence electrons. The zero-order chi connectivity index (χ0) is 11.9. The first kappa shape index (κ1) is 10.5. The summed E-state index contributed by atoms with van der Waals surface area (Å²) in [6, 6.07) is 3.54. The van der Waals surface area contributed by atoms with Gasteiger partial charge in [0, 0.05) is 23.5 Å². The zero-order valence-corrected chi connectivity index (χ0v) is 9.51. The standard InChI is InChI=1S/C12H14N2O2/c1-6-7(2)13-9-4-5-10(14-8(3)15)12(16)11(6)9/h4-5,13,16H,1-3H3,(H,14,15). The summed E-state index contributed by atoms with van der Waals surface area (Å²) in [5.41, 5.74) is 3.34. The van der Waals surface area contributed by atoms with Crippen molar-refractivity contribution in [3.8, 4) is 5.75 Å². The Morgan fingerprint density at radius 3 is 2.69 bits per heavy atom. The fourth-order valence-electron chi connectivity index (χ4n) is 1.85. The van der Waals surface area contributed by atoms with Crippen molar-refractivity contribution in [1.29, 1.82) is 0 Å². The Labute approximate surface area is 93.3 Å².